The van der Waals surface area contributed by atoms with Crippen molar-refractivity contribution in [3.05, 3.63) is 55.7 Å². The fourth-order valence-corrected chi connectivity index (χ4v) is 3.51. The summed E-state index contributed by atoms with van der Waals surface area (Å²) >= 11 is 5.22. The normalized spacial score (nSPS) is 12.2. The van der Waals surface area contributed by atoms with E-state index in [1.165, 1.54) is 9.75 Å². The van der Waals surface area contributed by atoms with Crippen LogP contribution in [0.5, 0.6) is 0 Å². The maximum absolute atomic E-state index is 12.3. The van der Waals surface area contributed by atoms with Crippen LogP contribution in [-0.2, 0) is 6.42 Å². The van der Waals surface area contributed by atoms with Gasteiger partial charge >= 0.3 is 0 Å². The van der Waals surface area contributed by atoms with Crippen LogP contribution in [0, 0.1) is 13.8 Å². The molecule has 1 unspecified atom stereocenters. The molecule has 0 saturated carbocycles. The largest absolute Gasteiger partial charge is 0.349 e. The number of rotatable bonds is 4. The Hall–Kier alpha value is -1.13. The molecule has 1 heterocycles. The zero-order valence-corrected chi connectivity index (χ0v) is 14.3. The molecule has 0 aliphatic heterocycles. The van der Waals surface area contributed by atoms with Crippen molar-refractivity contribution >= 4 is 33.2 Å². The summed E-state index contributed by atoms with van der Waals surface area (Å²) in [6, 6.07) is 10.2. The Kier molecular flexibility index (Phi) is 5.00. The molecular formula is C16H18BrNOS. The Labute approximate surface area is 132 Å². The van der Waals surface area contributed by atoms with Gasteiger partial charge in [0, 0.05) is 26.7 Å². The number of benzene rings is 1. The van der Waals surface area contributed by atoms with Gasteiger partial charge in [0.1, 0.15) is 0 Å². The SMILES string of the molecule is Cc1ccc(Br)c(C(=O)NC(C)Cc2ccc(C)s2)c1. The van der Waals surface area contributed by atoms with Crippen molar-refractivity contribution in [3.63, 3.8) is 0 Å². The Morgan fingerprint density at radius 3 is 2.70 bits per heavy atom. The summed E-state index contributed by atoms with van der Waals surface area (Å²) in [5, 5.41) is 3.06. The van der Waals surface area contributed by atoms with Crippen molar-refractivity contribution in [2.24, 2.45) is 0 Å². The molecule has 0 fully saturated rings. The summed E-state index contributed by atoms with van der Waals surface area (Å²) < 4.78 is 0.833. The van der Waals surface area contributed by atoms with Crippen LogP contribution in [0.3, 0.4) is 0 Å². The number of amides is 1. The molecule has 1 amide bonds. The molecule has 2 nitrogen and oxygen atoms in total. The first-order valence-electron chi connectivity index (χ1n) is 6.58. The van der Waals surface area contributed by atoms with Gasteiger partial charge in [-0.2, -0.15) is 0 Å². The number of aryl methyl sites for hydroxylation is 2. The molecule has 0 bridgehead atoms. The van der Waals surface area contributed by atoms with Crippen molar-refractivity contribution in [2.75, 3.05) is 0 Å². The standard InChI is InChI=1S/C16H18BrNOS/c1-10-4-7-15(17)14(8-10)16(19)18-11(2)9-13-6-5-12(3)20-13/h4-8,11H,9H2,1-3H3,(H,18,19). The van der Waals surface area contributed by atoms with Gasteiger partial charge < -0.3 is 5.32 Å². The lowest BCUT2D eigenvalue weighted by Crippen LogP contribution is -2.34. The highest BCUT2D eigenvalue weighted by molar-refractivity contribution is 9.10. The third-order valence-electron chi connectivity index (χ3n) is 3.05. The molecule has 0 saturated heterocycles. The van der Waals surface area contributed by atoms with E-state index in [0.717, 1.165) is 16.5 Å². The second kappa shape index (κ2) is 6.55. The molecule has 0 spiro atoms. The predicted molar refractivity (Wildman–Crippen MR) is 88.6 cm³/mol. The van der Waals surface area contributed by atoms with Gasteiger partial charge in [-0.15, -0.1) is 11.3 Å². The zero-order valence-electron chi connectivity index (χ0n) is 11.9. The molecule has 1 aromatic carbocycles. The van der Waals surface area contributed by atoms with E-state index < -0.39 is 0 Å². The van der Waals surface area contributed by atoms with Crippen molar-refractivity contribution < 1.29 is 4.79 Å². The molecule has 2 rings (SSSR count). The summed E-state index contributed by atoms with van der Waals surface area (Å²) in [6.07, 6.45) is 0.869. The van der Waals surface area contributed by atoms with E-state index in [2.05, 4.69) is 40.3 Å². The van der Waals surface area contributed by atoms with E-state index in [0.29, 0.717) is 5.56 Å². The number of nitrogens with one attached hydrogen (secondary N) is 1. The van der Waals surface area contributed by atoms with Crippen molar-refractivity contribution in [2.45, 2.75) is 33.2 Å². The van der Waals surface area contributed by atoms with Crippen LogP contribution >= 0.6 is 27.3 Å². The second-order valence-electron chi connectivity index (χ2n) is 5.07. The smallest absolute Gasteiger partial charge is 0.252 e. The van der Waals surface area contributed by atoms with Crippen LogP contribution in [0.2, 0.25) is 0 Å². The summed E-state index contributed by atoms with van der Waals surface area (Å²) in [7, 11) is 0. The minimum Gasteiger partial charge on any atom is -0.349 e. The zero-order chi connectivity index (χ0) is 14.7. The number of carbonyl (C=O) groups excluding carboxylic acids is 1. The first kappa shape index (κ1) is 15.3. The molecule has 106 valence electrons. The molecule has 1 atom stereocenters. The van der Waals surface area contributed by atoms with Crippen LogP contribution in [-0.4, -0.2) is 11.9 Å². The quantitative estimate of drug-likeness (QED) is 0.863. The van der Waals surface area contributed by atoms with E-state index in [9.17, 15) is 4.79 Å². The molecular weight excluding hydrogens is 334 g/mol. The minimum atomic E-state index is -0.0265. The van der Waals surface area contributed by atoms with Crippen molar-refractivity contribution in [1.29, 1.82) is 0 Å². The van der Waals surface area contributed by atoms with Gasteiger partial charge in [-0.3, -0.25) is 4.79 Å². The van der Waals surface area contributed by atoms with Gasteiger partial charge in [-0.25, -0.2) is 0 Å². The number of hydrogen-bond donors (Lipinski definition) is 1. The van der Waals surface area contributed by atoms with E-state index in [1.807, 2.05) is 32.0 Å². The first-order valence-corrected chi connectivity index (χ1v) is 8.19. The lowest BCUT2D eigenvalue weighted by Gasteiger charge is -2.14. The Morgan fingerprint density at radius 1 is 1.30 bits per heavy atom. The highest BCUT2D eigenvalue weighted by Gasteiger charge is 2.13. The average molecular weight is 352 g/mol. The Bertz CT molecular complexity index is 621. The van der Waals surface area contributed by atoms with Gasteiger partial charge in [-0.1, -0.05) is 11.6 Å². The average Bonchev–Trinajstić information content (AvgIpc) is 2.77. The topological polar surface area (TPSA) is 29.1 Å². The van der Waals surface area contributed by atoms with Gasteiger partial charge in [0.05, 0.1) is 5.56 Å². The van der Waals surface area contributed by atoms with Crippen LogP contribution in [0.15, 0.2) is 34.8 Å². The molecule has 2 aromatic rings. The van der Waals surface area contributed by atoms with Crippen molar-refractivity contribution in [1.82, 2.24) is 5.32 Å². The van der Waals surface area contributed by atoms with Crippen LogP contribution in [0.25, 0.3) is 0 Å². The summed E-state index contributed by atoms with van der Waals surface area (Å²) in [5.74, 6) is -0.0265. The number of carbonyl (C=O) groups is 1. The fraction of sp³-hybridized carbons (Fsp3) is 0.312. The molecule has 1 aromatic heterocycles. The van der Waals surface area contributed by atoms with Crippen LogP contribution in [0.4, 0.5) is 0 Å². The molecule has 0 radical (unpaired) electrons. The highest BCUT2D eigenvalue weighted by atomic mass is 79.9. The summed E-state index contributed by atoms with van der Waals surface area (Å²) in [4.78, 5) is 14.9. The first-order chi connectivity index (χ1) is 9.45. The molecule has 0 aliphatic carbocycles. The molecule has 4 heteroatoms. The monoisotopic (exact) mass is 351 g/mol. The van der Waals surface area contributed by atoms with Gasteiger partial charge in [0.25, 0.3) is 5.91 Å². The maximum atomic E-state index is 12.3. The van der Waals surface area contributed by atoms with E-state index in [4.69, 9.17) is 0 Å². The third kappa shape index (κ3) is 3.93. The van der Waals surface area contributed by atoms with Crippen molar-refractivity contribution in [3.8, 4) is 0 Å². The van der Waals surface area contributed by atoms with Crippen LogP contribution in [0.1, 0.15) is 32.6 Å². The lowest BCUT2D eigenvalue weighted by molar-refractivity contribution is 0.0939. The predicted octanol–water partition coefficient (Wildman–Crippen LogP) is 4.49. The number of hydrogen-bond acceptors (Lipinski definition) is 2. The molecule has 20 heavy (non-hydrogen) atoms. The Balaban J connectivity index is 2.02. The van der Waals surface area contributed by atoms with Gasteiger partial charge in [0.2, 0.25) is 0 Å². The Morgan fingerprint density at radius 2 is 2.05 bits per heavy atom. The summed E-state index contributed by atoms with van der Waals surface area (Å²) in [6.45, 7) is 6.12. The molecule has 1 N–H and O–H groups in total. The molecule has 0 aliphatic rings. The summed E-state index contributed by atoms with van der Waals surface area (Å²) in [5.41, 5.74) is 1.78. The minimum absolute atomic E-state index is 0.0265. The fourth-order valence-electron chi connectivity index (χ4n) is 2.06. The van der Waals surface area contributed by atoms with E-state index >= 15 is 0 Å². The number of halogens is 1. The lowest BCUT2D eigenvalue weighted by atomic mass is 10.1. The van der Waals surface area contributed by atoms with E-state index in [-0.39, 0.29) is 11.9 Å². The highest BCUT2D eigenvalue weighted by Crippen LogP contribution is 2.19. The second-order valence-corrected chi connectivity index (χ2v) is 7.30. The maximum Gasteiger partial charge on any atom is 0.252 e. The number of thiophene rings is 1. The van der Waals surface area contributed by atoms with Gasteiger partial charge in [-0.05, 0) is 61.0 Å². The van der Waals surface area contributed by atoms with E-state index in [1.54, 1.807) is 11.3 Å². The van der Waals surface area contributed by atoms with Crippen LogP contribution < -0.4 is 5.32 Å². The van der Waals surface area contributed by atoms with Gasteiger partial charge in [0.15, 0.2) is 0 Å². The third-order valence-corrected chi connectivity index (χ3v) is 4.76.